The molecule has 126 valence electrons. The number of hydrogen-bond donors (Lipinski definition) is 2. The summed E-state index contributed by atoms with van der Waals surface area (Å²) in [6.07, 6.45) is 9.53. The summed E-state index contributed by atoms with van der Waals surface area (Å²) in [5.41, 5.74) is 0. The highest BCUT2D eigenvalue weighted by Gasteiger charge is 2.10. The SMILES string of the molecule is CC.CC.CC.CCCCCNCCC1CCCCN1. The smallest absolute Gasteiger partial charge is 0.00791 e. The average molecular weight is 289 g/mol. The van der Waals surface area contributed by atoms with Gasteiger partial charge in [0.1, 0.15) is 0 Å². The minimum atomic E-state index is 0.794. The van der Waals surface area contributed by atoms with Crippen LogP contribution < -0.4 is 10.6 Å². The molecule has 1 heterocycles. The maximum absolute atomic E-state index is 3.58. The minimum absolute atomic E-state index is 0.794. The molecular formula is C18H44N2. The lowest BCUT2D eigenvalue weighted by Gasteiger charge is -2.23. The molecule has 0 aromatic rings. The fraction of sp³-hybridized carbons (Fsp3) is 1.00. The summed E-state index contributed by atoms with van der Waals surface area (Å²) in [7, 11) is 0. The highest BCUT2D eigenvalue weighted by atomic mass is 14.9. The van der Waals surface area contributed by atoms with Crippen molar-refractivity contribution in [1.29, 1.82) is 0 Å². The molecule has 0 spiro atoms. The van der Waals surface area contributed by atoms with Crippen molar-refractivity contribution in [2.45, 2.75) is 99.5 Å². The Kier molecular flexibility index (Phi) is 34.0. The number of hydrogen-bond acceptors (Lipinski definition) is 2. The van der Waals surface area contributed by atoms with Crippen LogP contribution in [0.4, 0.5) is 0 Å². The van der Waals surface area contributed by atoms with Gasteiger partial charge >= 0.3 is 0 Å². The molecule has 2 heteroatoms. The molecule has 20 heavy (non-hydrogen) atoms. The molecule has 0 amide bonds. The van der Waals surface area contributed by atoms with Gasteiger partial charge in [-0.25, -0.2) is 0 Å². The van der Waals surface area contributed by atoms with Gasteiger partial charge in [0, 0.05) is 6.04 Å². The standard InChI is InChI=1S/C12H26N2.3C2H6/c1-2-3-5-9-13-11-8-12-7-4-6-10-14-12;3*1-2/h12-14H,2-11H2,1H3;3*1-2H3. The molecule has 0 radical (unpaired) electrons. The second kappa shape index (κ2) is 27.3. The second-order valence-electron chi connectivity index (χ2n) is 4.39. The number of piperidine rings is 1. The van der Waals surface area contributed by atoms with Crippen LogP contribution in [0.5, 0.6) is 0 Å². The highest BCUT2D eigenvalue weighted by molar-refractivity contribution is 4.72. The summed E-state index contributed by atoms with van der Waals surface area (Å²) in [5.74, 6) is 0. The third kappa shape index (κ3) is 20.2. The van der Waals surface area contributed by atoms with Crippen molar-refractivity contribution in [3.8, 4) is 0 Å². The Labute approximate surface area is 130 Å². The van der Waals surface area contributed by atoms with Crippen molar-refractivity contribution in [1.82, 2.24) is 10.6 Å². The first-order valence-electron chi connectivity index (χ1n) is 9.37. The van der Waals surface area contributed by atoms with Crippen molar-refractivity contribution in [3.63, 3.8) is 0 Å². The van der Waals surface area contributed by atoms with E-state index in [1.54, 1.807) is 0 Å². The predicted octanol–water partition coefficient (Wildman–Crippen LogP) is 5.38. The molecule has 1 aliphatic heterocycles. The lowest BCUT2D eigenvalue weighted by molar-refractivity contribution is 0.376. The van der Waals surface area contributed by atoms with Gasteiger partial charge in [-0.1, -0.05) is 67.7 Å². The van der Waals surface area contributed by atoms with E-state index in [9.17, 15) is 0 Å². The maximum atomic E-state index is 3.58. The van der Waals surface area contributed by atoms with Gasteiger partial charge in [-0.05, 0) is 45.3 Å². The Hall–Kier alpha value is -0.0800. The van der Waals surface area contributed by atoms with Crippen LogP contribution in [0.25, 0.3) is 0 Å². The molecule has 1 atom stereocenters. The van der Waals surface area contributed by atoms with E-state index in [4.69, 9.17) is 0 Å². The molecule has 1 unspecified atom stereocenters. The van der Waals surface area contributed by atoms with Crippen LogP contribution in [0.3, 0.4) is 0 Å². The Morgan fingerprint density at radius 1 is 0.900 bits per heavy atom. The normalized spacial score (nSPS) is 16.6. The zero-order chi connectivity index (χ0) is 16.1. The lowest BCUT2D eigenvalue weighted by atomic mass is 10.0. The van der Waals surface area contributed by atoms with Crippen LogP contribution in [0.15, 0.2) is 0 Å². The van der Waals surface area contributed by atoms with E-state index in [-0.39, 0.29) is 0 Å². The Bertz CT molecular complexity index is 121. The number of unbranched alkanes of at least 4 members (excludes halogenated alkanes) is 2. The third-order valence-corrected chi connectivity index (χ3v) is 3.04. The van der Waals surface area contributed by atoms with Gasteiger partial charge in [0.2, 0.25) is 0 Å². The first kappa shape index (κ1) is 24.9. The Morgan fingerprint density at radius 3 is 2.05 bits per heavy atom. The largest absolute Gasteiger partial charge is 0.317 e. The highest BCUT2D eigenvalue weighted by Crippen LogP contribution is 2.08. The molecule has 0 aliphatic carbocycles. The topological polar surface area (TPSA) is 24.1 Å². The van der Waals surface area contributed by atoms with Gasteiger partial charge in [0.15, 0.2) is 0 Å². The van der Waals surface area contributed by atoms with Crippen molar-refractivity contribution in [2.24, 2.45) is 0 Å². The summed E-state index contributed by atoms with van der Waals surface area (Å²) in [6.45, 7) is 17.9. The zero-order valence-corrected chi connectivity index (χ0v) is 15.6. The molecule has 0 aromatic heterocycles. The summed E-state index contributed by atoms with van der Waals surface area (Å²) in [6, 6.07) is 0.794. The van der Waals surface area contributed by atoms with E-state index in [1.807, 2.05) is 41.5 Å². The van der Waals surface area contributed by atoms with Gasteiger partial charge in [0.25, 0.3) is 0 Å². The molecular weight excluding hydrogens is 244 g/mol. The molecule has 0 aromatic carbocycles. The minimum Gasteiger partial charge on any atom is -0.317 e. The van der Waals surface area contributed by atoms with E-state index >= 15 is 0 Å². The molecule has 2 N–H and O–H groups in total. The fourth-order valence-corrected chi connectivity index (χ4v) is 2.07. The van der Waals surface area contributed by atoms with Crippen molar-refractivity contribution in [3.05, 3.63) is 0 Å². The van der Waals surface area contributed by atoms with Crippen LogP contribution >= 0.6 is 0 Å². The van der Waals surface area contributed by atoms with E-state index in [0.717, 1.165) is 6.04 Å². The van der Waals surface area contributed by atoms with Crippen molar-refractivity contribution >= 4 is 0 Å². The Balaban J connectivity index is -0.000000425. The Morgan fingerprint density at radius 2 is 1.55 bits per heavy atom. The molecule has 1 saturated heterocycles. The van der Waals surface area contributed by atoms with Gasteiger partial charge < -0.3 is 10.6 Å². The van der Waals surface area contributed by atoms with Crippen molar-refractivity contribution < 1.29 is 0 Å². The maximum Gasteiger partial charge on any atom is 0.00791 e. The summed E-state index contributed by atoms with van der Waals surface area (Å²) in [4.78, 5) is 0. The predicted molar refractivity (Wildman–Crippen MR) is 96.7 cm³/mol. The number of rotatable bonds is 7. The fourth-order valence-electron chi connectivity index (χ4n) is 2.07. The summed E-state index contributed by atoms with van der Waals surface area (Å²) < 4.78 is 0. The molecule has 1 aliphatic rings. The second-order valence-corrected chi connectivity index (χ2v) is 4.39. The zero-order valence-electron chi connectivity index (χ0n) is 15.6. The molecule has 2 nitrogen and oxygen atoms in total. The molecule has 1 rings (SSSR count). The monoisotopic (exact) mass is 288 g/mol. The summed E-state index contributed by atoms with van der Waals surface area (Å²) in [5, 5.41) is 7.11. The average Bonchev–Trinajstić information content (AvgIpc) is 2.57. The first-order chi connectivity index (χ1) is 9.93. The van der Waals surface area contributed by atoms with Gasteiger partial charge in [-0.2, -0.15) is 0 Å². The molecule has 0 bridgehead atoms. The lowest BCUT2D eigenvalue weighted by Crippen LogP contribution is -2.36. The van der Waals surface area contributed by atoms with Crippen LogP contribution in [-0.4, -0.2) is 25.7 Å². The van der Waals surface area contributed by atoms with E-state index in [1.165, 1.54) is 64.6 Å². The first-order valence-corrected chi connectivity index (χ1v) is 9.37. The third-order valence-electron chi connectivity index (χ3n) is 3.04. The van der Waals surface area contributed by atoms with Crippen LogP contribution in [0.2, 0.25) is 0 Å². The van der Waals surface area contributed by atoms with E-state index in [0.29, 0.717) is 0 Å². The molecule has 0 saturated carbocycles. The van der Waals surface area contributed by atoms with Crippen LogP contribution in [0, 0.1) is 0 Å². The van der Waals surface area contributed by atoms with E-state index in [2.05, 4.69) is 17.6 Å². The quantitative estimate of drug-likeness (QED) is 0.615. The van der Waals surface area contributed by atoms with Gasteiger partial charge in [0.05, 0.1) is 0 Å². The number of nitrogens with one attached hydrogen (secondary N) is 2. The van der Waals surface area contributed by atoms with E-state index < -0.39 is 0 Å². The van der Waals surface area contributed by atoms with Crippen LogP contribution in [0.1, 0.15) is 93.4 Å². The van der Waals surface area contributed by atoms with Gasteiger partial charge in [-0.3, -0.25) is 0 Å². The molecule has 1 fully saturated rings. The van der Waals surface area contributed by atoms with Gasteiger partial charge in [-0.15, -0.1) is 0 Å². The van der Waals surface area contributed by atoms with Crippen molar-refractivity contribution in [2.75, 3.05) is 19.6 Å². The summed E-state index contributed by atoms with van der Waals surface area (Å²) >= 11 is 0. The van der Waals surface area contributed by atoms with Crippen LogP contribution in [-0.2, 0) is 0 Å².